The predicted octanol–water partition coefficient (Wildman–Crippen LogP) is 12.9. The van der Waals surface area contributed by atoms with Gasteiger partial charge in [0.1, 0.15) is 0 Å². The summed E-state index contributed by atoms with van der Waals surface area (Å²) in [6, 6.07) is 70.4. The Kier molecular flexibility index (Phi) is 6.53. The number of hydrogen-bond acceptors (Lipinski definition) is 0. The molecule has 0 N–H and O–H groups in total. The molecule has 2 nitrogen and oxygen atoms in total. The predicted molar refractivity (Wildman–Crippen MR) is 211 cm³/mol. The molecule has 0 radical (unpaired) electrons. The third-order valence-electron chi connectivity index (χ3n) is 10.1. The normalized spacial score (nSPS) is 11.6. The molecule has 0 atom stereocenters. The van der Waals surface area contributed by atoms with Gasteiger partial charge in [0.2, 0.25) is 0 Å². The first-order chi connectivity index (χ1) is 24.8. The molecule has 0 amide bonds. The number of nitrogens with zero attached hydrogens (tertiary/aromatic N) is 2. The standard InChI is InChI=1S/C48H32N2/c1-4-12-33(13-5-1)35-20-25-40(26-21-35)49-46-28-23-36(34-14-6-2-7-15-34)30-43(46)44-31-37(24-29-47(44)49)38-22-27-42-41-18-10-11-19-45(41)50(48(42)32-38)39-16-8-3-9-17-39/h1-32H. The summed E-state index contributed by atoms with van der Waals surface area (Å²) in [5.74, 6) is 0. The summed E-state index contributed by atoms with van der Waals surface area (Å²) in [5.41, 5.74) is 14.4. The van der Waals surface area contributed by atoms with Crippen LogP contribution in [0.3, 0.4) is 0 Å². The Bertz CT molecular complexity index is 2820. The highest BCUT2D eigenvalue weighted by Crippen LogP contribution is 2.39. The number of rotatable bonds is 5. The Balaban J connectivity index is 1.18. The molecule has 0 spiro atoms. The van der Waals surface area contributed by atoms with Gasteiger partial charge in [0, 0.05) is 32.9 Å². The summed E-state index contributed by atoms with van der Waals surface area (Å²) in [6.07, 6.45) is 0. The number of fused-ring (bicyclic) bond motifs is 6. The molecule has 0 aliphatic heterocycles. The number of aromatic nitrogens is 2. The lowest BCUT2D eigenvalue weighted by Gasteiger charge is -2.11. The lowest BCUT2D eigenvalue weighted by molar-refractivity contribution is 1.18. The largest absolute Gasteiger partial charge is 0.309 e. The Labute approximate surface area is 290 Å². The first kappa shape index (κ1) is 28.4. The van der Waals surface area contributed by atoms with E-state index in [2.05, 4.69) is 203 Å². The molecule has 2 aromatic heterocycles. The van der Waals surface area contributed by atoms with Gasteiger partial charge >= 0.3 is 0 Å². The molecule has 10 rings (SSSR count). The summed E-state index contributed by atoms with van der Waals surface area (Å²) in [6.45, 7) is 0. The van der Waals surface area contributed by atoms with Gasteiger partial charge in [-0.05, 0) is 94.0 Å². The van der Waals surface area contributed by atoms with Crippen molar-refractivity contribution in [1.29, 1.82) is 0 Å². The Morgan fingerprint density at radius 2 is 0.620 bits per heavy atom. The zero-order valence-corrected chi connectivity index (χ0v) is 27.4. The Morgan fingerprint density at radius 3 is 1.28 bits per heavy atom. The van der Waals surface area contributed by atoms with E-state index < -0.39 is 0 Å². The van der Waals surface area contributed by atoms with E-state index in [1.165, 1.54) is 82.7 Å². The fraction of sp³-hybridized carbons (Fsp3) is 0. The highest BCUT2D eigenvalue weighted by atomic mass is 15.0. The highest BCUT2D eigenvalue weighted by Gasteiger charge is 2.17. The minimum absolute atomic E-state index is 1.15. The van der Waals surface area contributed by atoms with Crippen molar-refractivity contribution in [3.8, 4) is 44.8 Å². The third kappa shape index (κ3) is 4.57. The third-order valence-corrected chi connectivity index (χ3v) is 10.1. The van der Waals surface area contributed by atoms with Gasteiger partial charge < -0.3 is 9.13 Å². The van der Waals surface area contributed by atoms with E-state index in [1.807, 2.05) is 0 Å². The molecule has 234 valence electrons. The minimum Gasteiger partial charge on any atom is -0.309 e. The molecule has 0 saturated carbocycles. The molecule has 2 heterocycles. The van der Waals surface area contributed by atoms with Crippen molar-refractivity contribution in [3.63, 3.8) is 0 Å². The van der Waals surface area contributed by atoms with E-state index in [0.717, 1.165) is 5.69 Å². The molecule has 0 saturated heterocycles. The molecular weight excluding hydrogens is 605 g/mol. The van der Waals surface area contributed by atoms with Crippen molar-refractivity contribution in [2.75, 3.05) is 0 Å². The van der Waals surface area contributed by atoms with Crippen molar-refractivity contribution in [1.82, 2.24) is 9.13 Å². The molecular formula is C48H32N2. The van der Waals surface area contributed by atoms with E-state index in [0.29, 0.717) is 0 Å². The topological polar surface area (TPSA) is 9.86 Å². The van der Waals surface area contributed by atoms with Crippen molar-refractivity contribution in [2.24, 2.45) is 0 Å². The molecule has 10 aromatic rings. The van der Waals surface area contributed by atoms with Crippen molar-refractivity contribution in [3.05, 3.63) is 194 Å². The molecule has 0 fully saturated rings. The number of hydrogen-bond donors (Lipinski definition) is 0. The second-order valence-corrected chi connectivity index (χ2v) is 13.0. The number of benzene rings is 8. The number of para-hydroxylation sites is 2. The highest BCUT2D eigenvalue weighted by molar-refractivity contribution is 6.13. The summed E-state index contributed by atoms with van der Waals surface area (Å²) >= 11 is 0. The average molecular weight is 637 g/mol. The zero-order chi connectivity index (χ0) is 33.0. The Hall–Kier alpha value is -6.64. The summed E-state index contributed by atoms with van der Waals surface area (Å²) in [5, 5.41) is 5.02. The van der Waals surface area contributed by atoms with E-state index in [1.54, 1.807) is 0 Å². The van der Waals surface area contributed by atoms with Crippen LogP contribution in [0, 0.1) is 0 Å². The maximum Gasteiger partial charge on any atom is 0.0547 e. The van der Waals surface area contributed by atoms with Gasteiger partial charge in [-0.3, -0.25) is 0 Å². The van der Waals surface area contributed by atoms with Crippen molar-refractivity contribution in [2.45, 2.75) is 0 Å². The second kappa shape index (κ2) is 11.5. The smallest absolute Gasteiger partial charge is 0.0547 e. The first-order valence-corrected chi connectivity index (χ1v) is 17.2. The van der Waals surface area contributed by atoms with Crippen LogP contribution >= 0.6 is 0 Å². The maximum atomic E-state index is 2.41. The lowest BCUT2D eigenvalue weighted by Crippen LogP contribution is -1.94. The van der Waals surface area contributed by atoms with Crippen molar-refractivity contribution >= 4 is 43.6 Å². The first-order valence-electron chi connectivity index (χ1n) is 17.2. The fourth-order valence-corrected chi connectivity index (χ4v) is 7.73. The summed E-state index contributed by atoms with van der Waals surface area (Å²) in [4.78, 5) is 0. The van der Waals surface area contributed by atoms with Gasteiger partial charge in [-0.2, -0.15) is 0 Å². The SMILES string of the molecule is c1ccc(-c2ccc(-n3c4ccc(-c5ccccc5)cc4c4cc(-c5ccc6c7ccccc7n(-c7ccccc7)c6c5)ccc43)cc2)cc1. The minimum atomic E-state index is 1.15. The van der Waals surface area contributed by atoms with E-state index in [9.17, 15) is 0 Å². The van der Waals surface area contributed by atoms with Crippen LogP contribution in [0.4, 0.5) is 0 Å². The molecule has 50 heavy (non-hydrogen) atoms. The molecule has 0 unspecified atom stereocenters. The zero-order valence-electron chi connectivity index (χ0n) is 27.4. The maximum absolute atomic E-state index is 2.41. The van der Waals surface area contributed by atoms with E-state index in [4.69, 9.17) is 0 Å². The van der Waals surface area contributed by atoms with E-state index in [-0.39, 0.29) is 0 Å². The van der Waals surface area contributed by atoms with Crippen LogP contribution < -0.4 is 0 Å². The van der Waals surface area contributed by atoms with Gasteiger partial charge in [0.05, 0.1) is 22.1 Å². The molecule has 0 aliphatic rings. The molecule has 8 aromatic carbocycles. The molecule has 0 aliphatic carbocycles. The van der Waals surface area contributed by atoms with Crippen LogP contribution in [0.15, 0.2) is 194 Å². The van der Waals surface area contributed by atoms with E-state index >= 15 is 0 Å². The van der Waals surface area contributed by atoms with Crippen LogP contribution in [-0.2, 0) is 0 Å². The van der Waals surface area contributed by atoms with Gasteiger partial charge in [0.25, 0.3) is 0 Å². The second-order valence-electron chi connectivity index (χ2n) is 13.0. The lowest BCUT2D eigenvalue weighted by atomic mass is 9.99. The van der Waals surface area contributed by atoms with Crippen LogP contribution in [0.1, 0.15) is 0 Å². The fourth-order valence-electron chi connectivity index (χ4n) is 7.73. The van der Waals surface area contributed by atoms with Crippen LogP contribution in [0.25, 0.3) is 88.4 Å². The summed E-state index contributed by atoms with van der Waals surface area (Å²) < 4.78 is 4.80. The van der Waals surface area contributed by atoms with Gasteiger partial charge in [-0.15, -0.1) is 0 Å². The summed E-state index contributed by atoms with van der Waals surface area (Å²) in [7, 11) is 0. The quantitative estimate of drug-likeness (QED) is 0.178. The van der Waals surface area contributed by atoms with Crippen LogP contribution in [0.5, 0.6) is 0 Å². The van der Waals surface area contributed by atoms with Crippen LogP contribution in [0.2, 0.25) is 0 Å². The monoisotopic (exact) mass is 636 g/mol. The average Bonchev–Trinajstić information content (AvgIpc) is 3.70. The van der Waals surface area contributed by atoms with Crippen LogP contribution in [-0.4, -0.2) is 9.13 Å². The van der Waals surface area contributed by atoms with Gasteiger partial charge in [-0.25, -0.2) is 0 Å². The van der Waals surface area contributed by atoms with Gasteiger partial charge in [0.15, 0.2) is 0 Å². The van der Waals surface area contributed by atoms with Gasteiger partial charge in [-0.1, -0.05) is 133 Å². The molecule has 2 heteroatoms. The van der Waals surface area contributed by atoms with Crippen molar-refractivity contribution < 1.29 is 0 Å². The molecule has 0 bridgehead atoms. The Morgan fingerprint density at radius 1 is 0.220 bits per heavy atom.